The summed E-state index contributed by atoms with van der Waals surface area (Å²) in [4.78, 5) is 32.0. The Balaban J connectivity index is 1.67. The molecule has 124 valence electrons. The predicted octanol–water partition coefficient (Wildman–Crippen LogP) is 3.06. The Labute approximate surface area is 144 Å². The van der Waals surface area contributed by atoms with Crippen LogP contribution in [0.3, 0.4) is 0 Å². The van der Waals surface area contributed by atoms with Gasteiger partial charge in [0.1, 0.15) is 4.88 Å². The highest BCUT2D eigenvalue weighted by Gasteiger charge is 2.48. The van der Waals surface area contributed by atoms with Crippen LogP contribution >= 0.6 is 11.3 Å². The third kappa shape index (κ3) is 2.24. The number of aromatic nitrogens is 1. The van der Waals surface area contributed by atoms with Crippen LogP contribution in [0.15, 0.2) is 24.3 Å². The average Bonchev–Trinajstić information content (AvgIpc) is 3.05. The van der Waals surface area contributed by atoms with Gasteiger partial charge in [-0.25, -0.2) is 9.78 Å². The van der Waals surface area contributed by atoms with Gasteiger partial charge < -0.3 is 9.64 Å². The van der Waals surface area contributed by atoms with E-state index >= 15 is 0 Å². The summed E-state index contributed by atoms with van der Waals surface area (Å²) in [6.07, 6.45) is 1.56. The van der Waals surface area contributed by atoms with E-state index in [1.54, 1.807) is 11.0 Å². The SMILES string of the molecule is Cc1nc(C)c(C(=O)N2CCCC3(C2)OC(=O)c2ccccc23)s1. The topological polar surface area (TPSA) is 59.5 Å². The molecule has 1 unspecified atom stereocenters. The van der Waals surface area contributed by atoms with E-state index in [2.05, 4.69) is 4.98 Å². The molecule has 2 aliphatic rings. The molecule has 1 aromatic heterocycles. The molecule has 6 heteroatoms. The van der Waals surface area contributed by atoms with Gasteiger partial charge >= 0.3 is 5.97 Å². The lowest BCUT2D eigenvalue weighted by atomic mass is 9.85. The summed E-state index contributed by atoms with van der Waals surface area (Å²) in [7, 11) is 0. The Bertz CT molecular complexity index is 845. The van der Waals surface area contributed by atoms with Crippen molar-refractivity contribution in [2.45, 2.75) is 32.3 Å². The first-order chi connectivity index (χ1) is 11.5. The van der Waals surface area contributed by atoms with Crippen molar-refractivity contribution in [3.63, 3.8) is 0 Å². The van der Waals surface area contributed by atoms with Crippen LogP contribution in [0.2, 0.25) is 0 Å². The highest BCUT2D eigenvalue weighted by Crippen LogP contribution is 2.43. The molecule has 1 spiro atoms. The number of esters is 1. The van der Waals surface area contributed by atoms with Crippen LogP contribution in [0.25, 0.3) is 0 Å². The summed E-state index contributed by atoms with van der Waals surface area (Å²) in [6, 6.07) is 7.49. The molecule has 0 saturated carbocycles. The molecule has 0 bridgehead atoms. The van der Waals surface area contributed by atoms with Crippen molar-refractivity contribution in [1.82, 2.24) is 9.88 Å². The fourth-order valence-corrected chi connectivity index (χ4v) is 4.61. The summed E-state index contributed by atoms with van der Waals surface area (Å²) < 4.78 is 5.77. The molecular formula is C18H18N2O3S. The molecule has 0 aliphatic carbocycles. The number of piperidine rings is 1. The fraction of sp³-hybridized carbons (Fsp3) is 0.389. The smallest absolute Gasteiger partial charge is 0.339 e. The number of likely N-dealkylation sites (tertiary alicyclic amines) is 1. The van der Waals surface area contributed by atoms with Crippen LogP contribution in [0.5, 0.6) is 0 Å². The number of carbonyl (C=O) groups excluding carboxylic acids is 2. The number of aryl methyl sites for hydroxylation is 2. The average molecular weight is 342 g/mol. The number of fused-ring (bicyclic) bond motifs is 2. The largest absolute Gasteiger partial charge is 0.449 e. The third-order valence-corrected chi connectivity index (χ3v) is 5.83. The van der Waals surface area contributed by atoms with Crippen LogP contribution in [0.1, 0.15) is 49.1 Å². The van der Waals surface area contributed by atoms with Gasteiger partial charge in [0.05, 0.1) is 22.8 Å². The Morgan fingerprint density at radius 3 is 2.88 bits per heavy atom. The molecule has 1 saturated heterocycles. The zero-order valence-corrected chi connectivity index (χ0v) is 14.5. The second-order valence-electron chi connectivity index (χ2n) is 6.41. The third-order valence-electron chi connectivity index (χ3n) is 4.77. The van der Waals surface area contributed by atoms with Crippen LogP contribution in [-0.4, -0.2) is 34.8 Å². The zero-order valence-electron chi connectivity index (χ0n) is 13.7. The molecule has 1 atom stereocenters. The maximum absolute atomic E-state index is 12.9. The van der Waals surface area contributed by atoms with E-state index in [1.165, 1.54) is 11.3 Å². The molecule has 4 rings (SSSR count). The highest BCUT2D eigenvalue weighted by atomic mass is 32.1. The first-order valence-corrected chi connectivity index (χ1v) is 8.88. The van der Waals surface area contributed by atoms with Crippen molar-refractivity contribution < 1.29 is 14.3 Å². The molecule has 0 radical (unpaired) electrons. The van der Waals surface area contributed by atoms with Gasteiger partial charge in [-0.05, 0) is 32.8 Å². The van der Waals surface area contributed by atoms with Crippen LogP contribution < -0.4 is 0 Å². The van der Waals surface area contributed by atoms with E-state index in [0.717, 1.165) is 29.1 Å². The molecule has 2 aliphatic heterocycles. The molecule has 5 nitrogen and oxygen atoms in total. The molecule has 1 amide bonds. The lowest BCUT2D eigenvalue weighted by Gasteiger charge is -2.39. The van der Waals surface area contributed by atoms with E-state index in [9.17, 15) is 9.59 Å². The number of amides is 1. The standard InChI is InChI=1S/C18H18N2O3S/c1-11-15(24-12(2)19-11)16(21)20-9-5-8-18(10-20)14-7-4-3-6-13(14)17(22)23-18/h3-4,6-7H,5,8-10H2,1-2H3. The minimum absolute atomic E-state index is 0.0161. The minimum Gasteiger partial charge on any atom is -0.449 e. The van der Waals surface area contributed by atoms with Crippen LogP contribution in [-0.2, 0) is 10.3 Å². The minimum atomic E-state index is -0.699. The highest BCUT2D eigenvalue weighted by molar-refractivity contribution is 7.13. The number of hydrogen-bond acceptors (Lipinski definition) is 5. The lowest BCUT2D eigenvalue weighted by molar-refractivity contribution is -0.0441. The molecule has 2 aromatic rings. The Morgan fingerprint density at radius 1 is 1.33 bits per heavy atom. The number of thiazole rings is 1. The predicted molar refractivity (Wildman–Crippen MR) is 90.3 cm³/mol. The number of carbonyl (C=O) groups is 2. The van der Waals surface area contributed by atoms with Crippen molar-refractivity contribution in [3.8, 4) is 0 Å². The van der Waals surface area contributed by atoms with Crippen molar-refractivity contribution in [2.24, 2.45) is 0 Å². The van der Waals surface area contributed by atoms with E-state index < -0.39 is 5.60 Å². The second kappa shape index (κ2) is 5.41. The first kappa shape index (κ1) is 15.3. The molecule has 1 fully saturated rings. The molecule has 24 heavy (non-hydrogen) atoms. The molecule has 1 aromatic carbocycles. The quantitative estimate of drug-likeness (QED) is 0.747. The monoisotopic (exact) mass is 342 g/mol. The summed E-state index contributed by atoms with van der Waals surface area (Å²) in [5.41, 5.74) is 1.60. The van der Waals surface area contributed by atoms with E-state index in [4.69, 9.17) is 4.74 Å². The van der Waals surface area contributed by atoms with Gasteiger partial charge in [0.25, 0.3) is 5.91 Å². The Kier molecular flexibility index (Phi) is 3.46. The lowest BCUT2D eigenvalue weighted by Crippen LogP contribution is -2.48. The van der Waals surface area contributed by atoms with Gasteiger partial charge in [-0.2, -0.15) is 0 Å². The maximum atomic E-state index is 12.9. The Hall–Kier alpha value is -2.21. The maximum Gasteiger partial charge on any atom is 0.339 e. The van der Waals surface area contributed by atoms with E-state index in [1.807, 2.05) is 32.0 Å². The summed E-state index contributed by atoms with van der Waals surface area (Å²) in [5.74, 6) is -0.303. The van der Waals surface area contributed by atoms with Gasteiger partial charge in [0.15, 0.2) is 5.60 Å². The summed E-state index contributed by atoms with van der Waals surface area (Å²) in [5, 5.41) is 0.889. The summed E-state index contributed by atoms with van der Waals surface area (Å²) in [6.45, 7) is 4.85. The number of ether oxygens (including phenoxy) is 1. The van der Waals surface area contributed by atoms with Crippen molar-refractivity contribution in [3.05, 3.63) is 51.0 Å². The van der Waals surface area contributed by atoms with Gasteiger partial charge in [0, 0.05) is 12.1 Å². The Morgan fingerprint density at radius 2 is 2.12 bits per heavy atom. The van der Waals surface area contributed by atoms with E-state index in [-0.39, 0.29) is 11.9 Å². The van der Waals surface area contributed by atoms with Gasteiger partial charge in [-0.15, -0.1) is 11.3 Å². The van der Waals surface area contributed by atoms with Crippen LogP contribution in [0, 0.1) is 13.8 Å². The van der Waals surface area contributed by atoms with Crippen molar-refractivity contribution >= 4 is 23.2 Å². The number of rotatable bonds is 1. The zero-order chi connectivity index (χ0) is 16.9. The number of hydrogen-bond donors (Lipinski definition) is 0. The molecule has 3 heterocycles. The normalized spacial score (nSPS) is 22.6. The second-order valence-corrected chi connectivity index (χ2v) is 7.61. The molecule has 0 N–H and O–H groups in total. The first-order valence-electron chi connectivity index (χ1n) is 8.06. The molecular weight excluding hydrogens is 324 g/mol. The van der Waals surface area contributed by atoms with Crippen LogP contribution in [0.4, 0.5) is 0 Å². The van der Waals surface area contributed by atoms with Gasteiger partial charge in [-0.1, -0.05) is 18.2 Å². The number of benzene rings is 1. The number of nitrogens with zero attached hydrogens (tertiary/aromatic N) is 2. The van der Waals surface area contributed by atoms with Gasteiger partial charge in [-0.3, -0.25) is 4.79 Å². The van der Waals surface area contributed by atoms with Gasteiger partial charge in [0.2, 0.25) is 0 Å². The van der Waals surface area contributed by atoms with Crippen molar-refractivity contribution in [2.75, 3.05) is 13.1 Å². The fourth-order valence-electron chi connectivity index (χ4n) is 3.72. The van der Waals surface area contributed by atoms with Crippen molar-refractivity contribution in [1.29, 1.82) is 0 Å². The summed E-state index contributed by atoms with van der Waals surface area (Å²) >= 11 is 1.42. The van der Waals surface area contributed by atoms with E-state index in [0.29, 0.717) is 23.5 Å².